The zero-order valence-electron chi connectivity index (χ0n) is 12.8. The molecular weight excluding hydrogens is 206 g/mol. The molecule has 0 N–H and O–H groups in total. The van der Waals surface area contributed by atoms with Gasteiger partial charge < -0.3 is 4.90 Å². The lowest BCUT2D eigenvalue weighted by molar-refractivity contribution is 0.344. The summed E-state index contributed by atoms with van der Waals surface area (Å²) in [5.74, 6) is 0.830. The van der Waals surface area contributed by atoms with Gasteiger partial charge >= 0.3 is 0 Å². The Bertz CT molecular complexity index is 195. The molecular formula is C16H35N. The summed E-state index contributed by atoms with van der Waals surface area (Å²) >= 11 is 0. The lowest BCUT2D eigenvalue weighted by Crippen LogP contribution is -2.24. The third-order valence-electron chi connectivity index (χ3n) is 3.17. The van der Waals surface area contributed by atoms with E-state index in [2.05, 4.69) is 31.7 Å². The predicted octanol–water partition coefficient (Wildman–Crippen LogP) is 5.47. The van der Waals surface area contributed by atoms with Gasteiger partial charge in [-0.3, -0.25) is 0 Å². The van der Waals surface area contributed by atoms with E-state index in [0.29, 0.717) is 0 Å². The van der Waals surface area contributed by atoms with Crippen molar-refractivity contribution in [3.63, 3.8) is 0 Å². The van der Waals surface area contributed by atoms with Crippen molar-refractivity contribution in [2.75, 3.05) is 13.1 Å². The van der Waals surface area contributed by atoms with E-state index in [1.165, 1.54) is 51.6 Å². The topological polar surface area (TPSA) is 3.24 Å². The van der Waals surface area contributed by atoms with Crippen molar-refractivity contribution in [3.05, 3.63) is 11.8 Å². The monoisotopic (exact) mass is 241 g/mol. The van der Waals surface area contributed by atoms with Crippen LogP contribution in [0, 0.1) is 5.92 Å². The van der Waals surface area contributed by atoms with Gasteiger partial charge in [-0.15, -0.1) is 0 Å². The Morgan fingerprint density at radius 2 is 1.71 bits per heavy atom. The highest BCUT2D eigenvalue weighted by atomic mass is 15.2. The molecule has 1 aliphatic carbocycles. The average Bonchev–Trinajstić information content (AvgIpc) is 2.87. The summed E-state index contributed by atoms with van der Waals surface area (Å²) in [7, 11) is 0. The summed E-state index contributed by atoms with van der Waals surface area (Å²) in [4.78, 5) is 2.60. The third kappa shape index (κ3) is 6.14. The van der Waals surface area contributed by atoms with Crippen molar-refractivity contribution in [1.29, 1.82) is 0 Å². The van der Waals surface area contributed by atoms with E-state index in [1.54, 1.807) is 5.70 Å². The first-order valence-electron chi connectivity index (χ1n) is 7.74. The SMILES string of the molecule is CC.CC1CCCC=C1N1CCCC1.CCC.[HH]. The van der Waals surface area contributed by atoms with E-state index in [1.807, 2.05) is 13.8 Å². The highest BCUT2D eigenvalue weighted by Gasteiger charge is 2.20. The highest BCUT2D eigenvalue weighted by Crippen LogP contribution is 2.29. The molecule has 0 spiro atoms. The number of rotatable bonds is 1. The number of allylic oxidation sites excluding steroid dienone is 2. The molecule has 1 saturated heterocycles. The average molecular weight is 241 g/mol. The van der Waals surface area contributed by atoms with Gasteiger partial charge in [0.15, 0.2) is 0 Å². The molecule has 0 aromatic heterocycles. The minimum atomic E-state index is 0. The van der Waals surface area contributed by atoms with Gasteiger partial charge in [-0.2, -0.15) is 0 Å². The van der Waals surface area contributed by atoms with E-state index >= 15 is 0 Å². The van der Waals surface area contributed by atoms with Gasteiger partial charge in [0.1, 0.15) is 0 Å². The summed E-state index contributed by atoms with van der Waals surface area (Å²) in [6.07, 6.45) is 10.7. The minimum Gasteiger partial charge on any atom is -0.375 e. The molecule has 17 heavy (non-hydrogen) atoms. The van der Waals surface area contributed by atoms with Crippen LogP contribution in [-0.4, -0.2) is 18.0 Å². The lowest BCUT2D eigenvalue weighted by Gasteiger charge is -2.29. The number of nitrogens with zero attached hydrogens (tertiary/aromatic N) is 1. The van der Waals surface area contributed by atoms with E-state index < -0.39 is 0 Å². The largest absolute Gasteiger partial charge is 0.375 e. The van der Waals surface area contributed by atoms with Crippen LogP contribution in [0.25, 0.3) is 0 Å². The van der Waals surface area contributed by atoms with Crippen molar-refractivity contribution >= 4 is 0 Å². The predicted molar refractivity (Wildman–Crippen MR) is 81.3 cm³/mol. The molecule has 1 aliphatic heterocycles. The maximum Gasteiger partial charge on any atom is 0.0175 e. The molecule has 2 rings (SSSR count). The van der Waals surface area contributed by atoms with Crippen LogP contribution < -0.4 is 0 Å². The zero-order valence-corrected chi connectivity index (χ0v) is 12.8. The first kappa shape index (κ1) is 16.5. The Morgan fingerprint density at radius 1 is 1.18 bits per heavy atom. The van der Waals surface area contributed by atoms with Gasteiger partial charge in [0.25, 0.3) is 0 Å². The molecule has 104 valence electrons. The molecule has 1 fully saturated rings. The molecule has 1 unspecified atom stereocenters. The summed E-state index contributed by atoms with van der Waals surface area (Å²) in [6, 6.07) is 0. The molecule has 1 heterocycles. The van der Waals surface area contributed by atoms with E-state index in [4.69, 9.17) is 0 Å². The van der Waals surface area contributed by atoms with Gasteiger partial charge in [-0.05, 0) is 38.0 Å². The molecule has 0 radical (unpaired) electrons. The fourth-order valence-corrected chi connectivity index (χ4v) is 2.44. The van der Waals surface area contributed by atoms with Gasteiger partial charge in [0, 0.05) is 20.2 Å². The lowest BCUT2D eigenvalue weighted by atomic mass is 9.93. The number of likely N-dealkylation sites (tertiary alicyclic amines) is 1. The third-order valence-corrected chi connectivity index (χ3v) is 3.17. The first-order valence-corrected chi connectivity index (χ1v) is 7.74. The van der Waals surface area contributed by atoms with Gasteiger partial charge in [-0.25, -0.2) is 0 Å². The standard InChI is InChI=1S/C11H19N.C3H8.C2H6.H2/c1-10-6-2-3-7-11(10)12-8-4-5-9-12;1-3-2;1-2;/h7,10H,2-6,8-9H2,1H3;3H2,1-2H3;1-2H3;1H. The second-order valence-corrected chi connectivity index (χ2v) is 4.86. The summed E-state index contributed by atoms with van der Waals surface area (Å²) in [5.41, 5.74) is 1.65. The molecule has 0 bridgehead atoms. The Labute approximate surface area is 111 Å². The van der Waals surface area contributed by atoms with Crippen molar-refractivity contribution in [1.82, 2.24) is 4.90 Å². The molecule has 0 amide bonds. The zero-order chi connectivity index (χ0) is 13.1. The van der Waals surface area contributed by atoms with Gasteiger partial charge in [0.2, 0.25) is 0 Å². The summed E-state index contributed by atoms with van der Waals surface area (Å²) < 4.78 is 0. The van der Waals surface area contributed by atoms with E-state index in [0.717, 1.165) is 5.92 Å². The first-order chi connectivity index (χ1) is 8.29. The van der Waals surface area contributed by atoms with Crippen LogP contribution in [0.1, 0.15) is 74.6 Å². The van der Waals surface area contributed by atoms with Crippen LogP contribution >= 0.6 is 0 Å². The van der Waals surface area contributed by atoms with E-state index in [-0.39, 0.29) is 1.43 Å². The van der Waals surface area contributed by atoms with Crippen LogP contribution in [0.4, 0.5) is 0 Å². The molecule has 0 saturated carbocycles. The fraction of sp³-hybridized carbons (Fsp3) is 0.875. The Kier molecular flexibility index (Phi) is 10.4. The Hall–Kier alpha value is -0.460. The number of hydrogen-bond donors (Lipinski definition) is 0. The van der Waals surface area contributed by atoms with Crippen LogP contribution in [0.15, 0.2) is 11.8 Å². The molecule has 1 heteroatoms. The molecule has 0 aromatic carbocycles. The summed E-state index contributed by atoms with van der Waals surface area (Å²) in [5, 5.41) is 0. The fourth-order valence-electron chi connectivity index (χ4n) is 2.44. The summed E-state index contributed by atoms with van der Waals surface area (Å²) in [6.45, 7) is 13.3. The van der Waals surface area contributed by atoms with E-state index in [9.17, 15) is 0 Å². The maximum absolute atomic E-state index is 2.60. The van der Waals surface area contributed by atoms with Crippen molar-refractivity contribution < 1.29 is 1.43 Å². The smallest absolute Gasteiger partial charge is 0.0175 e. The minimum absolute atomic E-state index is 0. The van der Waals surface area contributed by atoms with Crippen molar-refractivity contribution in [2.45, 2.75) is 73.1 Å². The normalized spacial score (nSPS) is 23.0. The van der Waals surface area contributed by atoms with Crippen LogP contribution in [0.5, 0.6) is 0 Å². The molecule has 2 aliphatic rings. The highest BCUT2D eigenvalue weighted by molar-refractivity contribution is 5.09. The molecule has 0 aromatic rings. The second kappa shape index (κ2) is 10.7. The Balaban J connectivity index is 0. The van der Waals surface area contributed by atoms with Crippen LogP contribution in [0.2, 0.25) is 0 Å². The number of hydrogen-bond acceptors (Lipinski definition) is 1. The van der Waals surface area contributed by atoms with Crippen molar-refractivity contribution in [2.24, 2.45) is 5.92 Å². The van der Waals surface area contributed by atoms with Crippen LogP contribution in [0.3, 0.4) is 0 Å². The van der Waals surface area contributed by atoms with Crippen molar-refractivity contribution in [3.8, 4) is 0 Å². The molecule has 1 atom stereocenters. The van der Waals surface area contributed by atoms with Gasteiger partial charge in [0.05, 0.1) is 0 Å². The van der Waals surface area contributed by atoms with Crippen LogP contribution in [-0.2, 0) is 0 Å². The maximum atomic E-state index is 2.60. The quantitative estimate of drug-likeness (QED) is 0.588. The second-order valence-electron chi connectivity index (χ2n) is 4.86. The molecule has 1 nitrogen and oxygen atoms in total. The van der Waals surface area contributed by atoms with Gasteiger partial charge in [-0.1, -0.05) is 47.1 Å². The Morgan fingerprint density at radius 3 is 2.18 bits per heavy atom.